The number of halogens is 6. The number of H-pyrrole nitrogens is 1. The van der Waals surface area contributed by atoms with Crippen LogP contribution in [0.25, 0.3) is 0 Å². The van der Waals surface area contributed by atoms with Gasteiger partial charge >= 0.3 is 12.5 Å². The molecule has 4 nitrogen and oxygen atoms in total. The molecule has 19 heavy (non-hydrogen) atoms. The molecular formula is C9H4F6N2O2. The third kappa shape index (κ3) is 3.90. The van der Waals surface area contributed by atoms with Gasteiger partial charge in [-0.3, -0.25) is 4.79 Å². The van der Waals surface area contributed by atoms with Crippen LogP contribution in [0.1, 0.15) is 11.3 Å². The summed E-state index contributed by atoms with van der Waals surface area (Å²) in [5.74, 6) is -1.36. The first-order valence-corrected chi connectivity index (χ1v) is 4.50. The third-order valence-corrected chi connectivity index (χ3v) is 1.87. The highest BCUT2D eigenvalue weighted by atomic mass is 19.4. The van der Waals surface area contributed by atoms with Crippen molar-refractivity contribution >= 4 is 0 Å². The molecule has 104 valence electrons. The van der Waals surface area contributed by atoms with Gasteiger partial charge in [0, 0.05) is 0 Å². The van der Waals surface area contributed by atoms with Crippen molar-refractivity contribution in [1.29, 1.82) is 5.26 Å². The molecule has 1 heterocycles. The Kier molecular flexibility index (Phi) is 3.78. The van der Waals surface area contributed by atoms with Gasteiger partial charge in [0.1, 0.15) is 5.69 Å². The predicted octanol–water partition coefficient (Wildman–Crippen LogP) is 2.36. The first-order chi connectivity index (χ1) is 8.54. The molecule has 0 aromatic carbocycles. The molecule has 0 amide bonds. The fourth-order valence-corrected chi connectivity index (χ4v) is 1.23. The number of rotatable bonds is 2. The zero-order valence-electron chi connectivity index (χ0n) is 8.82. The van der Waals surface area contributed by atoms with Crippen LogP contribution in [0.15, 0.2) is 10.9 Å². The predicted molar refractivity (Wildman–Crippen MR) is 48.1 cm³/mol. The Hall–Kier alpha value is -2.18. The van der Waals surface area contributed by atoms with Gasteiger partial charge in [-0.1, -0.05) is 0 Å². The van der Waals surface area contributed by atoms with Gasteiger partial charge in [0.25, 0.3) is 5.56 Å². The summed E-state index contributed by atoms with van der Waals surface area (Å²) in [7, 11) is 0. The van der Waals surface area contributed by atoms with Crippen molar-refractivity contribution in [2.24, 2.45) is 0 Å². The lowest BCUT2D eigenvalue weighted by Crippen LogP contribution is -2.26. The number of alkyl halides is 6. The maximum Gasteiger partial charge on any atom is 0.573 e. The molecule has 1 aromatic heterocycles. The number of aromatic amines is 1. The van der Waals surface area contributed by atoms with Crippen LogP contribution in [0.4, 0.5) is 26.3 Å². The summed E-state index contributed by atoms with van der Waals surface area (Å²) >= 11 is 0. The van der Waals surface area contributed by atoms with Crippen LogP contribution in [0.5, 0.6) is 5.75 Å². The van der Waals surface area contributed by atoms with E-state index in [1.54, 1.807) is 0 Å². The molecule has 0 atom stereocenters. The van der Waals surface area contributed by atoms with Crippen molar-refractivity contribution in [3.63, 3.8) is 0 Å². The first kappa shape index (κ1) is 14.9. The zero-order valence-corrected chi connectivity index (χ0v) is 8.82. The normalized spacial score (nSPS) is 12.1. The standard InChI is InChI=1S/C9H4F6N2O2/c10-8(11,12)6-4(1-2-16)3-5(7(18)17-6)19-9(13,14)15/h3H,1H2,(H,17,18). The second-order valence-corrected chi connectivity index (χ2v) is 3.24. The molecule has 0 unspecified atom stereocenters. The molecular weight excluding hydrogens is 282 g/mol. The van der Waals surface area contributed by atoms with E-state index in [4.69, 9.17) is 5.26 Å². The lowest BCUT2D eigenvalue weighted by molar-refractivity contribution is -0.275. The molecule has 1 N–H and O–H groups in total. The molecule has 0 bridgehead atoms. The van der Waals surface area contributed by atoms with Crippen LogP contribution < -0.4 is 10.3 Å². The van der Waals surface area contributed by atoms with E-state index >= 15 is 0 Å². The molecule has 1 rings (SSSR count). The van der Waals surface area contributed by atoms with Crippen molar-refractivity contribution in [2.45, 2.75) is 19.0 Å². The summed E-state index contributed by atoms with van der Waals surface area (Å²) in [6.07, 6.45) is -11.1. The Balaban J connectivity index is 3.38. The van der Waals surface area contributed by atoms with Crippen LogP contribution >= 0.6 is 0 Å². The minimum absolute atomic E-state index is 0.248. The maximum absolute atomic E-state index is 12.5. The number of nitriles is 1. The Morgan fingerprint density at radius 1 is 1.26 bits per heavy atom. The molecule has 0 spiro atoms. The number of hydrogen-bond acceptors (Lipinski definition) is 3. The minimum Gasteiger partial charge on any atom is -0.400 e. The van der Waals surface area contributed by atoms with Gasteiger partial charge in [-0.05, 0) is 11.6 Å². The van der Waals surface area contributed by atoms with Gasteiger partial charge in [0.15, 0.2) is 5.75 Å². The van der Waals surface area contributed by atoms with Crippen molar-refractivity contribution in [3.8, 4) is 11.8 Å². The Morgan fingerprint density at radius 3 is 2.26 bits per heavy atom. The highest BCUT2D eigenvalue weighted by Gasteiger charge is 2.37. The molecule has 0 aliphatic carbocycles. The van der Waals surface area contributed by atoms with Gasteiger partial charge in [-0.2, -0.15) is 18.4 Å². The molecule has 0 aliphatic rings. The molecule has 1 aromatic rings. The highest BCUT2D eigenvalue weighted by Crippen LogP contribution is 2.31. The fraction of sp³-hybridized carbons (Fsp3) is 0.333. The largest absolute Gasteiger partial charge is 0.573 e. The topological polar surface area (TPSA) is 65.9 Å². The van der Waals surface area contributed by atoms with Crippen molar-refractivity contribution in [3.05, 3.63) is 27.7 Å². The van der Waals surface area contributed by atoms with Gasteiger partial charge in [0.2, 0.25) is 0 Å². The quantitative estimate of drug-likeness (QED) is 0.849. The number of hydrogen-bond donors (Lipinski definition) is 1. The Morgan fingerprint density at radius 2 is 1.84 bits per heavy atom. The Labute approximate surface area is 101 Å². The van der Waals surface area contributed by atoms with Crippen molar-refractivity contribution < 1.29 is 31.1 Å². The number of aromatic nitrogens is 1. The van der Waals surface area contributed by atoms with Gasteiger partial charge in [-0.15, -0.1) is 13.2 Å². The van der Waals surface area contributed by atoms with Crippen LogP contribution in [-0.4, -0.2) is 11.3 Å². The molecule has 0 aliphatic heterocycles. The van der Waals surface area contributed by atoms with Gasteiger partial charge < -0.3 is 9.72 Å². The van der Waals surface area contributed by atoms with Crippen molar-refractivity contribution in [2.75, 3.05) is 0 Å². The molecule has 0 saturated carbocycles. The summed E-state index contributed by atoms with van der Waals surface area (Å²) in [5, 5.41) is 8.33. The second kappa shape index (κ2) is 4.83. The highest BCUT2D eigenvalue weighted by molar-refractivity contribution is 5.33. The summed E-state index contributed by atoms with van der Waals surface area (Å²) in [4.78, 5) is 12.3. The number of pyridine rings is 1. The van der Waals surface area contributed by atoms with Crippen LogP contribution in [0.2, 0.25) is 0 Å². The smallest absolute Gasteiger partial charge is 0.400 e. The van der Waals surface area contributed by atoms with E-state index in [9.17, 15) is 31.1 Å². The number of nitrogens with one attached hydrogen (secondary N) is 1. The summed E-state index contributed by atoms with van der Waals surface area (Å²) < 4.78 is 76.4. The maximum atomic E-state index is 12.5. The van der Waals surface area contributed by atoms with E-state index in [1.165, 1.54) is 11.1 Å². The van der Waals surface area contributed by atoms with Crippen LogP contribution in [-0.2, 0) is 12.6 Å². The Bertz CT molecular complexity index is 566. The van der Waals surface area contributed by atoms with Crippen molar-refractivity contribution in [1.82, 2.24) is 4.98 Å². The molecule has 0 saturated heterocycles. The summed E-state index contributed by atoms with van der Waals surface area (Å²) in [6, 6.07) is 1.60. The average Bonchev–Trinajstić information content (AvgIpc) is 2.19. The van der Waals surface area contributed by atoms with Crippen LogP contribution in [0, 0.1) is 11.3 Å². The third-order valence-electron chi connectivity index (χ3n) is 1.87. The SMILES string of the molecule is N#CCc1cc(OC(F)(F)F)c(=O)[nH]c1C(F)(F)F. The van der Waals surface area contributed by atoms with E-state index in [-0.39, 0.29) is 6.07 Å². The van der Waals surface area contributed by atoms with E-state index in [0.29, 0.717) is 0 Å². The minimum atomic E-state index is -5.23. The first-order valence-electron chi connectivity index (χ1n) is 4.50. The van der Waals surface area contributed by atoms with E-state index in [0.717, 1.165) is 0 Å². The molecule has 10 heteroatoms. The number of nitrogens with zero attached hydrogens (tertiary/aromatic N) is 1. The van der Waals surface area contributed by atoms with Gasteiger partial charge in [0.05, 0.1) is 12.5 Å². The summed E-state index contributed by atoms with van der Waals surface area (Å²) in [5.41, 5.74) is -4.08. The lowest BCUT2D eigenvalue weighted by Gasteiger charge is -2.13. The molecule has 0 radical (unpaired) electrons. The monoisotopic (exact) mass is 286 g/mol. The number of ether oxygens (including phenoxy) is 1. The lowest BCUT2D eigenvalue weighted by atomic mass is 10.1. The van der Waals surface area contributed by atoms with Gasteiger partial charge in [-0.25, -0.2) is 0 Å². The zero-order chi connectivity index (χ0) is 14.8. The average molecular weight is 286 g/mol. The van der Waals surface area contributed by atoms with E-state index in [2.05, 4.69) is 4.74 Å². The van der Waals surface area contributed by atoms with Crippen LogP contribution in [0.3, 0.4) is 0 Å². The second-order valence-electron chi connectivity index (χ2n) is 3.24. The summed E-state index contributed by atoms with van der Waals surface area (Å²) in [6.45, 7) is 0. The van der Waals surface area contributed by atoms with E-state index < -0.39 is 41.5 Å². The van der Waals surface area contributed by atoms with E-state index in [1.807, 2.05) is 0 Å². The fourth-order valence-electron chi connectivity index (χ4n) is 1.23. The molecule has 0 fully saturated rings.